The zero-order valence-electron chi connectivity index (χ0n) is 22.5. The summed E-state index contributed by atoms with van der Waals surface area (Å²) in [6.45, 7) is 12.2. The largest absolute Gasteiger partial charge is 0.504 e. The Morgan fingerprint density at radius 1 is 0.973 bits per heavy atom. The molecule has 3 heterocycles. The van der Waals surface area contributed by atoms with Crippen molar-refractivity contribution in [3.8, 4) is 5.75 Å². The van der Waals surface area contributed by atoms with Gasteiger partial charge in [0, 0.05) is 50.4 Å². The first-order valence-corrected chi connectivity index (χ1v) is 14.1. The SMILES string of the molecule is CCNc1c(Nc2cnc(N3CCN(C4CCN(C5CCCC(C)C5)CC4)CC3C)c(O)c2)c(=O)c1=O. The van der Waals surface area contributed by atoms with Gasteiger partial charge in [0.05, 0.1) is 11.9 Å². The molecule has 1 saturated carbocycles. The fraction of sp³-hybridized carbons (Fsp3) is 0.679. The number of pyridine rings is 1. The Balaban J connectivity index is 1.16. The van der Waals surface area contributed by atoms with Gasteiger partial charge in [-0.1, -0.05) is 19.8 Å². The van der Waals surface area contributed by atoms with Crippen LogP contribution in [0.5, 0.6) is 5.75 Å². The highest BCUT2D eigenvalue weighted by molar-refractivity contribution is 5.79. The van der Waals surface area contributed by atoms with Crippen LogP contribution in [0, 0.1) is 5.92 Å². The number of nitrogens with zero attached hydrogens (tertiary/aromatic N) is 4. The minimum absolute atomic E-state index is 0.0732. The second-order valence-electron chi connectivity index (χ2n) is 11.4. The number of aromatic hydroxyl groups is 1. The molecule has 1 aliphatic carbocycles. The van der Waals surface area contributed by atoms with Crippen molar-refractivity contribution in [1.29, 1.82) is 0 Å². The molecule has 3 fully saturated rings. The average Bonchev–Trinajstić information content (AvgIpc) is 2.91. The van der Waals surface area contributed by atoms with Crippen LogP contribution in [0.1, 0.15) is 59.3 Å². The molecule has 1 aromatic carbocycles. The van der Waals surface area contributed by atoms with E-state index in [9.17, 15) is 14.7 Å². The maximum atomic E-state index is 12.0. The summed E-state index contributed by atoms with van der Waals surface area (Å²) in [6, 6.07) is 3.24. The standard InChI is InChI=1S/C28H42N6O3/c1-4-29-24-25(27(37)26(24)36)31-20-15-23(35)28(30-16-20)34-13-12-33(17-19(34)3)21-8-10-32(11-9-21)22-7-5-6-18(2)14-22/h15-16,18-19,21-22,29,31,35H,4-14,17H2,1-3H3. The third-order valence-corrected chi connectivity index (χ3v) is 8.75. The number of rotatable bonds is 7. The first kappa shape index (κ1) is 26.0. The van der Waals surface area contributed by atoms with Crippen LogP contribution in [-0.2, 0) is 0 Å². The molecule has 2 aliphatic heterocycles. The fourth-order valence-corrected chi connectivity index (χ4v) is 6.72. The van der Waals surface area contributed by atoms with E-state index < -0.39 is 10.9 Å². The molecule has 1 aromatic heterocycles. The Kier molecular flexibility index (Phi) is 7.72. The highest BCUT2D eigenvalue weighted by Gasteiger charge is 2.34. The van der Waals surface area contributed by atoms with Crippen molar-refractivity contribution < 1.29 is 5.11 Å². The van der Waals surface area contributed by atoms with Crippen LogP contribution in [0.4, 0.5) is 22.9 Å². The van der Waals surface area contributed by atoms with Gasteiger partial charge >= 0.3 is 0 Å². The van der Waals surface area contributed by atoms with E-state index in [1.165, 1.54) is 51.6 Å². The Hall–Kier alpha value is -2.65. The molecule has 9 heteroatoms. The molecule has 2 aromatic rings. The second-order valence-corrected chi connectivity index (χ2v) is 11.4. The molecular weight excluding hydrogens is 468 g/mol. The van der Waals surface area contributed by atoms with E-state index in [2.05, 4.69) is 44.2 Å². The topological polar surface area (TPSA) is 101 Å². The molecule has 3 aliphatic rings. The summed E-state index contributed by atoms with van der Waals surface area (Å²) in [5.41, 5.74) is -0.0628. The lowest BCUT2D eigenvalue weighted by atomic mass is 9.85. The van der Waals surface area contributed by atoms with Gasteiger partial charge in [-0.15, -0.1) is 0 Å². The van der Waals surface area contributed by atoms with Crippen LogP contribution in [0.3, 0.4) is 0 Å². The highest BCUT2D eigenvalue weighted by atomic mass is 16.3. The fourth-order valence-electron chi connectivity index (χ4n) is 6.72. The van der Waals surface area contributed by atoms with E-state index >= 15 is 0 Å². The maximum Gasteiger partial charge on any atom is 0.253 e. The Labute approximate surface area is 219 Å². The molecule has 0 bridgehead atoms. The second kappa shape index (κ2) is 11.0. The predicted molar refractivity (Wildman–Crippen MR) is 149 cm³/mol. The van der Waals surface area contributed by atoms with Crippen LogP contribution in [0.15, 0.2) is 21.9 Å². The summed E-state index contributed by atoms with van der Waals surface area (Å²) in [4.78, 5) is 35.8. The molecule has 9 nitrogen and oxygen atoms in total. The number of piperazine rings is 1. The van der Waals surface area contributed by atoms with Gasteiger partial charge < -0.3 is 25.5 Å². The van der Waals surface area contributed by atoms with Crippen molar-refractivity contribution in [2.24, 2.45) is 5.92 Å². The summed E-state index contributed by atoms with van der Waals surface area (Å²) in [7, 11) is 0. The van der Waals surface area contributed by atoms with Crippen LogP contribution in [0.2, 0.25) is 0 Å². The van der Waals surface area contributed by atoms with Crippen molar-refractivity contribution in [2.45, 2.75) is 77.4 Å². The molecule has 3 atom stereocenters. The summed E-state index contributed by atoms with van der Waals surface area (Å²) >= 11 is 0. The predicted octanol–water partition coefficient (Wildman–Crippen LogP) is 3.11. The number of anilines is 4. The van der Waals surface area contributed by atoms with E-state index in [0.29, 0.717) is 29.8 Å². The van der Waals surface area contributed by atoms with Crippen LogP contribution >= 0.6 is 0 Å². The van der Waals surface area contributed by atoms with E-state index in [1.54, 1.807) is 12.3 Å². The number of hydrogen-bond acceptors (Lipinski definition) is 9. The number of piperidine rings is 1. The molecule has 0 amide bonds. The van der Waals surface area contributed by atoms with Gasteiger partial charge in [0.25, 0.3) is 10.9 Å². The molecule has 2 saturated heterocycles. The van der Waals surface area contributed by atoms with E-state index in [1.807, 2.05) is 6.92 Å². The van der Waals surface area contributed by atoms with Gasteiger partial charge in [-0.05, 0) is 58.5 Å². The van der Waals surface area contributed by atoms with Gasteiger partial charge in [-0.3, -0.25) is 14.5 Å². The van der Waals surface area contributed by atoms with Crippen molar-refractivity contribution in [1.82, 2.24) is 14.8 Å². The molecule has 3 N–H and O–H groups in total. The third-order valence-electron chi connectivity index (χ3n) is 8.75. The summed E-state index contributed by atoms with van der Waals surface area (Å²) in [5, 5.41) is 16.7. The van der Waals surface area contributed by atoms with Crippen molar-refractivity contribution in [2.75, 3.05) is 54.8 Å². The van der Waals surface area contributed by atoms with Gasteiger partial charge in [0.15, 0.2) is 11.6 Å². The molecule has 0 spiro atoms. The van der Waals surface area contributed by atoms with E-state index in [4.69, 9.17) is 0 Å². The van der Waals surface area contributed by atoms with E-state index in [-0.39, 0.29) is 17.5 Å². The number of aromatic nitrogens is 1. The summed E-state index contributed by atoms with van der Waals surface area (Å²) < 4.78 is 0. The minimum Gasteiger partial charge on any atom is -0.504 e. The third kappa shape index (κ3) is 5.34. The lowest BCUT2D eigenvalue weighted by Gasteiger charge is -2.47. The Morgan fingerprint density at radius 3 is 2.41 bits per heavy atom. The molecule has 3 unspecified atom stereocenters. The Bertz CT molecular complexity index is 1150. The van der Waals surface area contributed by atoms with Gasteiger partial charge in [0.2, 0.25) is 0 Å². The van der Waals surface area contributed by atoms with Crippen molar-refractivity contribution in [3.63, 3.8) is 0 Å². The quantitative estimate of drug-likeness (QED) is 0.485. The molecular formula is C28H42N6O3. The first-order chi connectivity index (χ1) is 17.9. The minimum atomic E-state index is -0.552. The zero-order chi connectivity index (χ0) is 26.1. The van der Waals surface area contributed by atoms with Gasteiger partial charge in [-0.25, -0.2) is 4.98 Å². The first-order valence-electron chi connectivity index (χ1n) is 14.1. The number of nitrogens with one attached hydrogen (secondary N) is 2. The van der Waals surface area contributed by atoms with Crippen molar-refractivity contribution in [3.05, 3.63) is 32.7 Å². The molecule has 202 valence electrons. The van der Waals surface area contributed by atoms with Crippen molar-refractivity contribution >= 4 is 22.9 Å². The van der Waals surface area contributed by atoms with Crippen LogP contribution in [0.25, 0.3) is 0 Å². The number of likely N-dealkylation sites (tertiary alicyclic amines) is 1. The maximum absolute atomic E-state index is 12.0. The zero-order valence-corrected chi connectivity index (χ0v) is 22.5. The van der Waals surface area contributed by atoms with Gasteiger partial charge in [-0.2, -0.15) is 0 Å². The molecule has 37 heavy (non-hydrogen) atoms. The van der Waals surface area contributed by atoms with Crippen LogP contribution in [-0.4, -0.2) is 77.3 Å². The summed E-state index contributed by atoms with van der Waals surface area (Å²) in [5.74, 6) is 1.51. The van der Waals surface area contributed by atoms with Crippen LogP contribution < -0.4 is 26.4 Å². The normalized spacial score (nSPS) is 26.5. The monoisotopic (exact) mass is 510 g/mol. The lowest BCUT2D eigenvalue weighted by molar-refractivity contribution is 0.0554. The molecule has 0 radical (unpaired) electrons. The Morgan fingerprint density at radius 2 is 1.73 bits per heavy atom. The molecule has 5 rings (SSSR count). The average molecular weight is 511 g/mol. The van der Waals surface area contributed by atoms with E-state index in [0.717, 1.165) is 31.6 Å². The smallest absolute Gasteiger partial charge is 0.253 e. The highest BCUT2D eigenvalue weighted by Crippen LogP contribution is 2.34. The number of hydrogen-bond donors (Lipinski definition) is 3. The lowest BCUT2D eigenvalue weighted by Crippen LogP contribution is -2.57. The van der Waals surface area contributed by atoms with Gasteiger partial charge in [0.1, 0.15) is 11.4 Å². The summed E-state index contributed by atoms with van der Waals surface area (Å²) in [6.07, 6.45) is 9.63.